The van der Waals surface area contributed by atoms with Gasteiger partial charge in [0.25, 0.3) is 0 Å². The van der Waals surface area contributed by atoms with Gasteiger partial charge in [0.15, 0.2) is 29.4 Å². The molecule has 132 valence electrons. The van der Waals surface area contributed by atoms with Crippen LogP contribution in [0.15, 0.2) is 48.2 Å². The van der Waals surface area contributed by atoms with E-state index in [1.54, 1.807) is 24.3 Å². The molecule has 0 saturated heterocycles. The van der Waals surface area contributed by atoms with Gasteiger partial charge in [0.1, 0.15) is 11.9 Å². The number of hydrogen-bond donors (Lipinski definition) is 5. The fourth-order valence-electron chi connectivity index (χ4n) is 2.39. The van der Waals surface area contributed by atoms with Crippen molar-refractivity contribution in [2.75, 3.05) is 6.35 Å². The number of aromatic hydroxyl groups is 2. The average molecular weight is 366 g/mol. The van der Waals surface area contributed by atoms with Gasteiger partial charge in [-0.25, -0.2) is 0 Å². The third-order valence-corrected chi connectivity index (χ3v) is 3.99. The van der Waals surface area contributed by atoms with Crippen LogP contribution in [0.1, 0.15) is 17.2 Å². The van der Waals surface area contributed by atoms with Crippen molar-refractivity contribution in [1.82, 2.24) is 0 Å². The SMILES string of the molecule is O=P(O)(O)COC1=C(c2ccc(O)c(O)c2)Oc2ccccc2C1O. The molecule has 0 radical (unpaired) electrons. The maximum atomic E-state index is 11.1. The Balaban J connectivity index is 2.09. The lowest BCUT2D eigenvalue weighted by Crippen LogP contribution is -2.17. The lowest BCUT2D eigenvalue weighted by atomic mass is 10.0. The molecule has 0 aliphatic carbocycles. The third kappa shape index (κ3) is 3.62. The van der Waals surface area contributed by atoms with Gasteiger partial charge in [-0.2, -0.15) is 0 Å². The zero-order valence-corrected chi connectivity index (χ0v) is 13.6. The van der Waals surface area contributed by atoms with Crippen LogP contribution in [-0.2, 0) is 9.30 Å². The Hall–Kier alpha value is -2.51. The Kier molecular flexibility index (Phi) is 4.45. The van der Waals surface area contributed by atoms with E-state index in [0.29, 0.717) is 11.3 Å². The largest absolute Gasteiger partial charge is 0.504 e. The van der Waals surface area contributed by atoms with Crippen LogP contribution in [0.25, 0.3) is 5.76 Å². The first-order chi connectivity index (χ1) is 11.8. The van der Waals surface area contributed by atoms with Crippen LogP contribution in [-0.4, -0.2) is 31.5 Å². The lowest BCUT2D eigenvalue weighted by Gasteiger charge is -2.27. The van der Waals surface area contributed by atoms with Gasteiger partial charge in [-0.05, 0) is 24.3 Å². The maximum absolute atomic E-state index is 11.1. The molecule has 8 nitrogen and oxygen atoms in total. The lowest BCUT2D eigenvalue weighted by molar-refractivity contribution is 0.104. The normalized spacial score (nSPS) is 17.0. The first-order valence-corrected chi connectivity index (χ1v) is 8.95. The number of rotatable bonds is 4. The Bertz CT molecular complexity index is 885. The van der Waals surface area contributed by atoms with Crippen LogP contribution in [0.3, 0.4) is 0 Å². The molecule has 2 aromatic rings. The summed E-state index contributed by atoms with van der Waals surface area (Å²) < 4.78 is 22.0. The van der Waals surface area contributed by atoms with Crippen LogP contribution in [0.2, 0.25) is 0 Å². The standard InChI is InChI=1S/C16H15O8P/c17-11-6-5-9(7-12(11)18)15-16(23-8-25(20,21)22)14(19)10-3-1-2-4-13(10)24-15/h1-7,14,17-19H,8H2,(H2,20,21,22). The highest BCUT2D eigenvalue weighted by molar-refractivity contribution is 7.51. The minimum absolute atomic E-state index is 0.0186. The molecule has 0 fully saturated rings. The van der Waals surface area contributed by atoms with Crippen molar-refractivity contribution in [3.63, 3.8) is 0 Å². The molecular formula is C16H15O8P. The molecule has 5 N–H and O–H groups in total. The number of benzene rings is 2. The highest BCUT2D eigenvalue weighted by Gasteiger charge is 2.32. The number of para-hydroxylation sites is 1. The highest BCUT2D eigenvalue weighted by Crippen LogP contribution is 2.44. The summed E-state index contributed by atoms with van der Waals surface area (Å²) in [7, 11) is -4.49. The quantitative estimate of drug-likeness (QED) is 0.410. The minimum atomic E-state index is -4.49. The van der Waals surface area contributed by atoms with Crippen LogP contribution < -0.4 is 4.74 Å². The summed E-state index contributed by atoms with van der Waals surface area (Å²) in [5, 5.41) is 29.7. The molecule has 1 aliphatic rings. The Labute approximate surface area is 142 Å². The summed E-state index contributed by atoms with van der Waals surface area (Å²) in [4.78, 5) is 18.1. The molecular weight excluding hydrogens is 351 g/mol. The second kappa shape index (κ2) is 6.42. The fourth-order valence-corrected chi connectivity index (χ4v) is 2.70. The number of fused-ring (bicyclic) bond motifs is 1. The molecule has 0 bridgehead atoms. The van der Waals surface area contributed by atoms with E-state index >= 15 is 0 Å². The minimum Gasteiger partial charge on any atom is -0.504 e. The summed E-state index contributed by atoms with van der Waals surface area (Å²) in [6.45, 7) is 0. The van der Waals surface area contributed by atoms with Gasteiger partial charge in [-0.1, -0.05) is 18.2 Å². The van der Waals surface area contributed by atoms with E-state index in [1.165, 1.54) is 18.2 Å². The van der Waals surface area contributed by atoms with Crippen molar-refractivity contribution in [1.29, 1.82) is 0 Å². The van der Waals surface area contributed by atoms with E-state index in [4.69, 9.17) is 19.3 Å². The highest BCUT2D eigenvalue weighted by atomic mass is 31.2. The van der Waals surface area contributed by atoms with Gasteiger partial charge in [0.05, 0.1) is 0 Å². The smallest absolute Gasteiger partial charge is 0.362 e. The third-order valence-electron chi connectivity index (χ3n) is 3.52. The number of ether oxygens (including phenoxy) is 2. The Morgan fingerprint density at radius 2 is 1.80 bits per heavy atom. The van der Waals surface area contributed by atoms with Crippen molar-refractivity contribution in [3.05, 3.63) is 59.4 Å². The van der Waals surface area contributed by atoms with E-state index in [1.807, 2.05) is 0 Å². The Morgan fingerprint density at radius 1 is 1.08 bits per heavy atom. The first-order valence-electron chi connectivity index (χ1n) is 7.15. The van der Waals surface area contributed by atoms with Crippen molar-refractivity contribution in [2.45, 2.75) is 6.10 Å². The van der Waals surface area contributed by atoms with E-state index in [2.05, 4.69) is 0 Å². The molecule has 1 unspecified atom stereocenters. The van der Waals surface area contributed by atoms with Gasteiger partial charge in [-0.15, -0.1) is 0 Å². The van der Waals surface area contributed by atoms with Crippen LogP contribution in [0, 0.1) is 0 Å². The summed E-state index contributed by atoms with van der Waals surface area (Å²) in [5.41, 5.74) is 0.625. The molecule has 2 aromatic carbocycles. The topological polar surface area (TPSA) is 137 Å². The zero-order chi connectivity index (χ0) is 18.2. The van der Waals surface area contributed by atoms with Gasteiger partial charge < -0.3 is 34.6 Å². The number of aliphatic hydroxyl groups is 1. The fraction of sp³-hybridized carbons (Fsp3) is 0.125. The van der Waals surface area contributed by atoms with E-state index in [0.717, 1.165) is 0 Å². The second-order valence-corrected chi connectivity index (χ2v) is 6.96. The van der Waals surface area contributed by atoms with Crippen LogP contribution >= 0.6 is 7.60 Å². The van der Waals surface area contributed by atoms with Gasteiger partial charge in [-0.3, -0.25) is 4.57 Å². The molecule has 3 rings (SSSR count). The van der Waals surface area contributed by atoms with E-state index in [-0.39, 0.29) is 22.8 Å². The number of phenols is 2. The molecule has 0 aromatic heterocycles. The van der Waals surface area contributed by atoms with Gasteiger partial charge in [0, 0.05) is 11.1 Å². The number of aliphatic hydroxyl groups excluding tert-OH is 1. The summed E-state index contributed by atoms with van der Waals surface area (Å²) in [5.74, 6) is -0.654. The predicted molar refractivity (Wildman–Crippen MR) is 86.7 cm³/mol. The van der Waals surface area contributed by atoms with Crippen LogP contribution in [0.4, 0.5) is 0 Å². The Morgan fingerprint density at radius 3 is 2.48 bits per heavy atom. The van der Waals surface area contributed by atoms with Gasteiger partial charge in [0.2, 0.25) is 0 Å². The van der Waals surface area contributed by atoms with Crippen molar-refractivity contribution < 1.29 is 39.1 Å². The predicted octanol–water partition coefficient (Wildman–Crippen LogP) is 2.04. The molecule has 1 heterocycles. The molecule has 0 saturated carbocycles. The monoisotopic (exact) mass is 366 g/mol. The molecule has 0 spiro atoms. The van der Waals surface area contributed by atoms with E-state index < -0.39 is 25.8 Å². The average Bonchev–Trinajstić information content (AvgIpc) is 2.55. The van der Waals surface area contributed by atoms with Crippen molar-refractivity contribution in [2.24, 2.45) is 0 Å². The van der Waals surface area contributed by atoms with Crippen LogP contribution in [0.5, 0.6) is 17.2 Å². The summed E-state index contributed by atoms with van der Waals surface area (Å²) >= 11 is 0. The molecule has 1 atom stereocenters. The molecule has 25 heavy (non-hydrogen) atoms. The van der Waals surface area contributed by atoms with Crippen molar-refractivity contribution in [3.8, 4) is 17.2 Å². The number of hydrogen-bond acceptors (Lipinski definition) is 6. The van der Waals surface area contributed by atoms with E-state index in [9.17, 15) is 19.9 Å². The summed E-state index contributed by atoms with van der Waals surface area (Å²) in [6, 6.07) is 10.4. The van der Waals surface area contributed by atoms with Crippen molar-refractivity contribution >= 4 is 13.4 Å². The second-order valence-electron chi connectivity index (χ2n) is 5.38. The van der Waals surface area contributed by atoms with Gasteiger partial charge >= 0.3 is 7.60 Å². The maximum Gasteiger partial charge on any atom is 0.362 e. The molecule has 9 heteroatoms. The molecule has 0 amide bonds. The zero-order valence-electron chi connectivity index (χ0n) is 12.7. The molecule has 1 aliphatic heterocycles. The summed E-state index contributed by atoms with van der Waals surface area (Å²) in [6.07, 6.45) is -2.26. The first kappa shape index (κ1) is 17.3. The number of phenolic OH excluding ortho intramolecular Hbond substituents is 2.